The van der Waals surface area contributed by atoms with Crippen LogP contribution >= 0.6 is 0 Å². The van der Waals surface area contributed by atoms with Crippen molar-refractivity contribution in [1.29, 1.82) is 0 Å². The molecule has 1 aliphatic heterocycles. The summed E-state index contributed by atoms with van der Waals surface area (Å²) in [5, 5.41) is 0. The standard InChI is InChI=1S/C14H14N2O3/c1-9-11(15)3-5-14(16-9)17-7-10-2-4-12-13(6-10)19-8-18-12/h2-6H,7-8,15H2,1H3. The summed E-state index contributed by atoms with van der Waals surface area (Å²) in [5.41, 5.74) is 8.14. The third-order valence-electron chi connectivity index (χ3n) is 2.92. The molecule has 5 nitrogen and oxygen atoms in total. The second kappa shape index (κ2) is 4.68. The zero-order valence-corrected chi connectivity index (χ0v) is 10.6. The van der Waals surface area contributed by atoms with Crippen LogP contribution in [0, 0.1) is 6.92 Å². The van der Waals surface area contributed by atoms with E-state index in [2.05, 4.69) is 4.98 Å². The first-order chi connectivity index (χ1) is 9.22. The molecule has 1 aliphatic rings. The molecular formula is C14H14N2O3. The molecule has 3 rings (SSSR count). The van der Waals surface area contributed by atoms with Gasteiger partial charge in [-0.25, -0.2) is 4.98 Å². The minimum absolute atomic E-state index is 0.276. The Morgan fingerprint density at radius 1 is 1.21 bits per heavy atom. The van der Waals surface area contributed by atoms with Gasteiger partial charge in [-0.15, -0.1) is 0 Å². The summed E-state index contributed by atoms with van der Waals surface area (Å²) < 4.78 is 16.2. The molecule has 0 unspecified atom stereocenters. The lowest BCUT2D eigenvalue weighted by Crippen LogP contribution is -2.00. The molecule has 0 aliphatic carbocycles. The van der Waals surface area contributed by atoms with Crippen molar-refractivity contribution in [2.45, 2.75) is 13.5 Å². The Morgan fingerprint density at radius 3 is 2.89 bits per heavy atom. The van der Waals surface area contributed by atoms with Crippen LogP contribution in [0.4, 0.5) is 5.69 Å². The zero-order chi connectivity index (χ0) is 13.2. The minimum atomic E-state index is 0.276. The second-order valence-electron chi connectivity index (χ2n) is 4.30. The number of ether oxygens (including phenoxy) is 3. The first kappa shape index (κ1) is 11.6. The van der Waals surface area contributed by atoms with Crippen LogP contribution in [-0.2, 0) is 6.61 Å². The SMILES string of the molecule is Cc1nc(OCc2ccc3c(c2)OCO3)ccc1N. The number of nitrogens with two attached hydrogens (primary N) is 1. The summed E-state index contributed by atoms with van der Waals surface area (Å²) >= 11 is 0. The van der Waals surface area contributed by atoms with Gasteiger partial charge in [0.25, 0.3) is 0 Å². The van der Waals surface area contributed by atoms with E-state index < -0.39 is 0 Å². The fourth-order valence-corrected chi connectivity index (χ4v) is 1.82. The Bertz CT molecular complexity index is 614. The third-order valence-corrected chi connectivity index (χ3v) is 2.92. The van der Waals surface area contributed by atoms with Gasteiger partial charge in [0.15, 0.2) is 11.5 Å². The van der Waals surface area contributed by atoms with E-state index in [0.717, 1.165) is 22.8 Å². The number of aryl methyl sites for hydroxylation is 1. The van der Waals surface area contributed by atoms with Crippen LogP contribution in [0.1, 0.15) is 11.3 Å². The number of benzene rings is 1. The van der Waals surface area contributed by atoms with Gasteiger partial charge < -0.3 is 19.9 Å². The molecule has 1 aromatic carbocycles. The van der Waals surface area contributed by atoms with Crippen molar-refractivity contribution in [2.24, 2.45) is 0 Å². The van der Waals surface area contributed by atoms with E-state index in [1.807, 2.05) is 25.1 Å². The molecular weight excluding hydrogens is 244 g/mol. The smallest absolute Gasteiger partial charge is 0.231 e. The van der Waals surface area contributed by atoms with Gasteiger partial charge in [-0.3, -0.25) is 0 Å². The fraction of sp³-hybridized carbons (Fsp3) is 0.214. The number of anilines is 1. The summed E-state index contributed by atoms with van der Waals surface area (Å²) in [6, 6.07) is 9.28. The number of fused-ring (bicyclic) bond motifs is 1. The van der Waals surface area contributed by atoms with Gasteiger partial charge in [0, 0.05) is 6.07 Å². The number of pyridine rings is 1. The highest BCUT2D eigenvalue weighted by atomic mass is 16.7. The van der Waals surface area contributed by atoms with E-state index in [1.54, 1.807) is 12.1 Å². The Hall–Kier alpha value is -2.43. The highest BCUT2D eigenvalue weighted by Gasteiger charge is 2.13. The Labute approximate surface area is 110 Å². The van der Waals surface area contributed by atoms with Gasteiger partial charge in [0.1, 0.15) is 6.61 Å². The number of aromatic nitrogens is 1. The van der Waals surface area contributed by atoms with Crippen LogP contribution in [0.3, 0.4) is 0 Å². The van der Waals surface area contributed by atoms with Gasteiger partial charge in [-0.2, -0.15) is 0 Å². The van der Waals surface area contributed by atoms with Crippen molar-refractivity contribution in [1.82, 2.24) is 4.98 Å². The molecule has 0 saturated heterocycles. The summed E-state index contributed by atoms with van der Waals surface area (Å²) in [4.78, 5) is 4.26. The lowest BCUT2D eigenvalue weighted by molar-refractivity contribution is 0.174. The topological polar surface area (TPSA) is 66.6 Å². The number of hydrogen-bond acceptors (Lipinski definition) is 5. The summed E-state index contributed by atoms with van der Waals surface area (Å²) in [5.74, 6) is 2.08. The van der Waals surface area contributed by atoms with Crippen LogP contribution < -0.4 is 19.9 Å². The van der Waals surface area contributed by atoms with Gasteiger partial charge >= 0.3 is 0 Å². The molecule has 0 spiro atoms. The van der Waals surface area contributed by atoms with Crippen LogP contribution in [0.2, 0.25) is 0 Å². The molecule has 0 fully saturated rings. The molecule has 2 aromatic rings. The minimum Gasteiger partial charge on any atom is -0.473 e. The average Bonchev–Trinajstić information content (AvgIpc) is 2.87. The maximum atomic E-state index is 5.71. The van der Waals surface area contributed by atoms with E-state index in [-0.39, 0.29) is 6.79 Å². The molecule has 0 amide bonds. The number of hydrogen-bond donors (Lipinski definition) is 1. The van der Waals surface area contributed by atoms with Gasteiger partial charge in [-0.1, -0.05) is 6.07 Å². The highest BCUT2D eigenvalue weighted by Crippen LogP contribution is 2.32. The molecule has 19 heavy (non-hydrogen) atoms. The maximum absolute atomic E-state index is 5.71. The predicted octanol–water partition coefficient (Wildman–Crippen LogP) is 2.28. The molecule has 98 valence electrons. The van der Waals surface area contributed by atoms with Crippen molar-refractivity contribution >= 4 is 5.69 Å². The van der Waals surface area contributed by atoms with E-state index in [9.17, 15) is 0 Å². The van der Waals surface area contributed by atoms with Gasteiger partial charge in [0.05, 0.1) is 11.4 Å². The van der Waals surface area contributed by atoms with E-state index in [4.69, 9.17) is 19.9 Å². The monoisotopic (exact) mass is 258 g/mol. The Morgan fingerprint density at radius 2 is 2.05 bits per heavy atom. The predicted molar refractivity (Wildman–Crippen MR) is 70.3 cm³/mol. The quantitative estimate of drug-likeness (QED) is 0.914. The molecule has 2 N–H and O–H groups in total. The number of rotatable bonds is 3. The maximum Gasteiger partial charge on any atom is 0.231 e. The average molecular weight is 258 g/mol. The molecule has 0 atom stereocenters. The van der Waals surface area contributed by atoms with Crippen molar-refractivity contribution in [3.05, 3.63) is 41.6 Å². The molecule has 0 saturated carbocycles. The number of nitrogens with zero attached hydrogens (tertiary/aromatic N) is 1. The van der Waals surface area contributed by atoms with Crippen LogP contribution in [0.5, 0.6) is 17.4 Å². The molecule has 5 heteroatoms. The van der Waals surface area contributed by atoms with Crippen molar-refractivity contribution in [2.75, 3.05) is 12.5 Å². The summed E-state index contributed by atoms with van der Waals surface area (Å²) in [6.07, 6.45) is 0. The van der Waals surface area contributed by atoms with Crippen LogP contribution in [-0.4, -0.2) is 11.8 Å². The van der Waals surface area contributed by atoms with Crippen LogP contribution in [0.25, 0.3) is 0 Å². The first-order valence-electron chi connectivity index (χ1n) is 5.97. The van der Waals surface area contributed by atoms with Crippen molar-refractivity contribution in [3.63, 3.8) is 0 Å². The molecule has 1 aromatic heterocycles. The summed E-state index contributed by atoms with van der Waals surface area (Å²) in [7, 11) is 0. The van der Waals surface area contributed by atoms with Crippen molar-refractivity contribution < 1.29 is 14.2 Å². The molecule has 0 bridgehead atoms. The zero-order valence-electron chi connectivity index (χ0n) is 10.6. The number of nitrogen functional groups attached to an aromatic ring is 1. The first-order valence-corrected chi connectivity index (χ1v) is 5.97. The van der Waals surface area contributed by atoms with E-state index in [1.165, 1.54) is 0 Å². The summed E-state index contributed by atoms with van der Waals surface area (Å²) in [6.45, 7) is 2.55. The van der Waals surface area contributed by atoms with E-state index >= 15 is 0 Å². The lowest BCUT2D eigenvalue weighted by atomic mass is 10.2. The Kier molecular flexibility index (Phi) is 2.87. The normalized spacial score (nSPS) is 12.5. The molecule has 2 heterocycles. The highest BCUT2D eigenvalue weighted by molar-refractivity contribution is 5.45. The van der Waals surface area contributed by atoms with Crippen LogP contribution in [0.15, 0.2) is 30.3 Å². The largest absolute Gasteiger partial charge is 0.473 e. The third kappa shape index (κ3) is 2.40. The van der Waals surface area contributed by atoms with E-state index in [0.29, 0.717) is 18.2 Å². The second-order valence-corrected chi connectivity index (χ2v) is 4.30. The fourth-order valence-electron chi connectivity index (χ4n) is 1.82. The molecule has 0 radical (unpaired) electrons. The Balaban J connectivity index is 1.70. The van der Waals surface area contributed by atoms with Gasteiger partial charge in [-0.05, 0) is 30.7 Å². The van der Waals surface area contributed by atoms with Crippen molar-refractivity contribution in [3.8, 4) is 17.4 Å². The van der Waals surface area contributed by atoms with Gasteiger partial charge in [0.2, 0.25) is 12.7 Å². The lowest BCUT2D eigenvalue weighted by Gasteiger charge is -2.07.